The number of thiophene rings is 1. The number of fused-ring (bicyclic) bond motifs is 1. The predicted molar refractivity (Wildman–Crippen MR) is 87.9 cm³/mol. The fourth-order valence-electron chi connectivity index (χ4n) is 2.84. The van der Waals surface area contributed by atoms with Crippen molar-refractivity contribution in [1.82, 2.24) is 19.8 Å². The Hall–Kier alpha value is -1.57. The Bertz CT molecular complexity index is 759. The first-order valence-corrected chi connectivity index (χ1v) is 8.32. The first-order valence-electron chi connectivity index (χ1n) is 7.50. The first-order chi connectivity index (χ1) is 10.6. The van der Waals surface area contributed by atoms with E-state index in [9.17, 15) is 9.59 Å². The minimum Gasteiger partial charge on any atom is -0.314 e. The maximum atomic E-state index is 12.6. The molecule has 2 aromatic heterocycles. The number of nitrogens with zero attached hydrogens (tertiary/aromatic N) is 3. The maximum absolute atomic E-state index is 12.6. The Morgan fingerprint density at radius 2 is 2.09 bits per heavy atom. The summed E-state index contributed by atoms with van der Waals surface area (Å²) in [5.41, 5.74) is 0.725. The van der Waals surface area contributed by atoms with E-state index in [1.807, 2.05) is 6.92 Å². The van der Waals surface area contributed by atoms with E-state index >= 15 is 0 Å². The van der Waals surface area contributed by atoms with Crippen LogP contribution >= 0.6 is 11.3 Å². The SMILES string of the molecule is CC(=O)c1sc2ncn(CCN3CCNCC3)c(=O)c2c1C. The van der Waals surface area contributed by atoms with Gasteiger partial charge in [-0.15, -0.1) is 11.3 Å². The molecule has 6 nitrogen and oxygen atoms in total. The number of carbonyl (C=O) groups excluding carboxylic acids is 1. The van der Waals surface area contributed by atoms with Gasteiger partial charge in [0.15, 0.2) is 5.78 Å². The van der Waals surface area contributed by atoms with Gasteiger partial charge in [0, 0.05) is 39.3 Å². The van der Waals surface area contributed by atoms with Crippen LogP contribution in [0.3, 0.4) is 0 Å². The number of Topliss-reactive ketones (excluding diaryl/α,β-unsaturated/α-hetero) is 1. The van der Waals surface area contributed by atoms with Gasteiger partial charge in [-0.05, 0) is 19.4 Å². The van der Waals surface area contributed by atoms with Gasteiger partial charge in [0.1, 0.15) is 4.83 Å². The summed E-state index contributed by atoms with van der Waals surface area (Å²) in [6.45, 7) is 8.85. The van der Waals surface area contributed by atoms with Crippen LogP contribution in [0.5, 0.6) is 0 Å². The van der Waals surface area contributed by atoms with Gasteiger partial charge < -0.3 is 5.32 Å². The molecule has 0 unspecified atom stereocenters. The predicted octanol–water partition coefficient (Wildman–Crippen LogP) is 0.874. The van der Waals surface area contributed by atoms with Crippen molar-refractivity contribution in [2.45, 2.75) is 20.4 Å². The van der Waals surface area contributed by atoms with Gasteiger partial charge in [-0.3, -0.25) is 19.1 Å². The standard InChI is InChI=1S/C15H20N4O2S/c1-10-12-14(22-13(10)11(2)20)17-9-19(15(12)21)8-7-18-5-3-16-4-6-18/h9,16H,3-8H2,1-2H3. The quantitative estimate of drug-likeness (QED) is 0.847. The minimum absolute atomic E-state index is 0.00716. The second-order valence-corrected chi connectivity index (χ2v) is 6.63. The number of ketones is 1. The Labute approximate surface area is 132 Å². The molecule has 1 aliphatic rings. The van der Waals surface area contributed by atoms with Gasteiger partial charge in [-0.2, -0.15) is 0 Å². The summed E-state index contributed by atoms with van der Waals surface area (Å²) in [5.74, 6) is -0.00716. The van der Waals surface area contributed by atoms with Crippen LogP contribution in [0.4, 0.5) is 0 Å². The van der Waals surface area contributed by atoms with Gasteiger partial charge in [-0.1, -0.05) is 0 Å². The first kappa shape index (κ1) is 15.3. The van der Waals surface area contributed by atoms with Crippen molar-refractivity contribution in [3.8, 4) is 0 Å². The van der Waals surface area contributed by atoms with Crippen LogP contribution in [0, 0.1) is 6.92 Å². The molecular weight excluding hydrogens is 300 g/mol. The number of aryl methyl sites for hydroxylation is 1. The molecule has 0 radical (unpaired) electrons. The molecule has 0 aliphatic carbocycles. The molecule has 22 heavy (non-hydrogen) atoms. The van der Waals surface area contributed by atoms with Crippen molar-refractivity contribution in [3.63, 3.8) is 0 Å². The maximum Gasteiger partial charge on any atom is 0.262 e. The third-order valence-corrected chi connectivity index (χ3v) is 5.40. The summed E-state index contributed by atoms with van der Waals surface area (Å²) < 4.78 is 1.66. The molecule has 1 saturated heterocycles. The number of piperazine rings is 1. The monoisotopic (exact) mass is 320 g/mol. The normalized spacial score (nSPS) is 16.3. The van der Waals surface area contributed by atoms with Gasteiger partial charge in [0.25, 0.3) is 5.56 Å². The summed E-state index contributed by atoms with van der Waals surface area (Å²) in [4.78, 5) is 32.3. The van der Waals surface area contributed by atoms with Crippen molar-refractivity contribution >= 4 is 27.3 Å². The fraction of sp³-hybridized carbons (Fsp3) is 0.533. The van der Waals surface area contributed by atoms with Gasteiger partial charge in [-0.25, -0.2) is 4.98 Å². The van der Waals surface area contributed by atoms with E-state index in [2.05, 4.69) is 15.2 Å². The smallest absolute Gasteiger partial charge is 0.262 e. The van der Waals surface area contributed by atoms with Crippen molar-refractivity contribution in [2.75, 3.05) is 32.7 Å². The molecule has 0 spiro atoms. The number of hydrogen-bond acceptors (Lipinski definition) is 6. The lowest BCUT2D eigenvalue weighted by Gasteiger charge is -2.27. The molecule has 1 aliphatic heterocycles. The lowest BCUT2D eigenvalue weighted by Crippen LogP contribution is -2.45. The zero-order chi connectivity index (χ0) is 15.7. The van der Waals surface area contributed by atoms with Crippen molar-refractivity contribution in [1.29, 1.82) is 0 Å². The van der Waals surface area contributed by atoms with E-state index in [0.717, 1.165) is 38.3 Å². The fourth-order valence-corrected chi connectivity index (χ4v) is 3.87. The average Bonchev–Trinajstić information content (AvgIpc) is 2.86. The lowest BCUT2D eigenvalue weighted by atomic mass is 10.2. The molecule has 2 aromatic rings. The number of nitrogens with one attached hydrogen (secondary N) is 1. The van der Waals surface area contributed by atoms with E-state index in [-0.39, 0.29) is 11.3 Å². The Morgan fingerprint density at radius 3 is 2.77 bits per heavy atom. The highest BCUT2D eigenvalue weighted by molar-refractivity contribution is 7.20. The van der Waals surface area contributed by atoms with Crippen molar-refractivity contribution in [3.05, 3.63) is 27.1 Å². The molecule has 3 heterocycles. The number of carbonyl (C=O) groups is 1. The molecule has 0 aromatic carbocycles. The highest BCUT2D eigenvalue weighted by atomic mass is 32.1. The third-order valence-electron chi connectivity index (χ3n) is 4.10. The van der Waals surface area contributed by atoms with Crippen LogP contribution in [0.1, 0.15) is 22.2 Å². The molecular formula is C15H20N4O2S. The average molecular weight is 320 g/mol. The van der Waals surface area contributed by atoms with Crippen LogP contribution in [-0.4, -0.2) is 53.0 Å². The number of aromatic nitrogens is 2. The van der Waals surface area contributed by atoms with Crippen LogP contribution in [0.25, 0.3) is 10.2 Å². The second-order valence-electron chi connectivity index (χ2n) is 5.63. The Balaban J connectivity index is 1.87. The summed E-state index contributed by atoms with van der Waals surface area (Å²) in [6.07, 6.45) is 1.60. The number of hydrogen-bond donors (Lipinski definition) is 1. The van der Waals surface area contributed by atoms with E-state index in [1.165, 1.54) is 18.3 Å². The molecule has 1 fully saturated rings. The van der Waals surface area contributed by atoms with Gasteiger partial charge in [0.2, 0.25) is 0 Å². The summed E-state index contributed by atoms with van der Waals surface area (Å²) >= 11 is 1.31. The summed E-state index contributed by atoms with van der Waals surface area (Å²) in [7, 11) is 0. The van der Waals surface area contributed by atoms with Crippen molar-refractivity contribution in [2.24, 2.45) is 0 Å². The van der Waals surface area contributed by atoms with Crippen LogP contribution in [0.15, 0.2) is 11.1 Å². The molecule has 0 amide bonds. The zero-order valence-electron chi connectivity index (χ0n) is 12.9. The molecule has 7 heteroatoms. The highest BCUT2D eigenvalue weighted by Crippen LogP contribution is 2.26. The van der Waals surface area contributed by atoms with Gasteiger partial charge >= 0.3 is 0 Å². The largest absolute Gasteiger partial charge is 0.314 e. The molecule has 118 valence electrons. The van der Waals surface area contributed by atoms with Crippen molar-refractivity contribution < 1.29 is 4.79 Å². The van der Waals surface area contributed by atoms with Gasteiger partial charge in [0.05, 0.1) is 16.6 Å². The highest BCUT2D eigenvalue weighted by Gasteiger charge is 2.17. The third kappa shape index (κ3) is 2.84. The molecule has 0 atom stereocenters. The lowest BCUT2D eigenvalue weighted by molar-refractivity contribution is 0.102. The Kier molecular flexibility index (Phi) is 4.37. The minimum atomic E-state index is -0.0404. The summed E-state index contributed by atoms with van der Waals surface area (Å²) in [6, 6.07) is 0. The number of rotatable bonds is 4. The molecule has 3 rings (SSSR count). The summed E-state index contributed by atoms with van der Waals surface area (Å²) in [5, 5.41) is 3.91. The van der Waals surface area contributed by atoms with E-state index in [0.29, 0.717) is 21.6 Å². The molecule has 1 N–H and O–H groups in total. The Morgan fingerprint density at radius 1 is 1.36 bits per heavy atom. The molecule has 0 bridgehead atoms. The van der Waals surface area contributed by atoms with E-state index in [1.54, 1.807) is 10.9 Å². The topological polar surface area (TPSA) is 67.2 Å². The van der Waals surface area contributed by atoms with Crippen LogP contribution in [0.2, 0.25) is 0 Å². The zero-order valence-corrected chi connectivity index (χ0v) is 13.7. The van der Waals surface area contributed by atoms with E-state index in [4.69, 9.17) is 0 Å². The van der Waals surface area contributed by atoms with Crippen LogP contribution < -0.4 is 10.9 Å². The van der Waals surface area contributed by atoms with E-state index < -0.39 is 0 Å². The second kappa shape index (κ2) is 6.28. The van der Waals surface area contributed by atoms with Crippen LogP contribution in [-0.2, 0) is 6.54 Å². The molecule has 0 saturated carbocycles.